The summed E-state index contributed by atoms with van der Waals surface area (Å²) in [7, 11) is 0. The largest absolute Gasteiger partial charge is 0.465 e. The van der Waals surface area contributed by atoms with Gasteiger partial charge in [-0.25, -0.2) is 4.79 Å². The molecule has 0 saturated heterocycles. The first kappa shape index (κ1) is 14.5. The number of halogens is 1. The van der Waals surface area contributed by atoms with E-state index < -0.39 is 5.54 Å². The number of aromatic nitrogens is 2. The van der Waals surface area contributed by atoms with E-state index in [0.717, 1.165) is 28.7 Å². The van der Waals surface area contributed by atoms with E-state index in [1.165, 1.54) is 0 Å². The normalized spacial score (nSPS) is 18.2. The lowest BCUT2D eigenvalue weighted by Gasteiger charge is -2.27. The van der Waals surface area contributed by atoms with Crippen molar-refractivity contribution in [2.45, 2.75) is 45.7 Å². The molecule has 0 amide bonds. The molecule has 0 aliphatic heterocycles. The zero-order valence-corrected chi connectivity index (χ0v) is 13.2. The fraction of sp³-hybridized carbons (Fsp3) is 0.692. The maximum atomic E-state index is 12.2. The minimum absolute atomic E-state index is 0.203. The predicted molar refractivity (Wildman–Crippen MR) is 75.7 cm³/mol. The third-order valence-corrected chi connectivity index (χ3v) is 4.81. The second-order valence-corrected chi connectivity index (χ2v) is 5.97. The third-order valence-electron chi connectivity index (χ3n) is 3.67. The molecule has 1 atom stereocenters. The van der Waals surface area contributed by atoms with Crippen LogP contribution in [0.5, 0.6) is 0 Å². The van der Waals surface area contributed by atoms with Crippen molar-refractivity contribution in [3.63, 3.8) is 0 Å². The molecule has 0 bridgehead atoms. The van der Waals surface area contributed by atoms with Gasteiger partial charge in [0.2, 0.25) is 0 Å². The molecule has 19 heavy (non-hydrogen) atoms. The second kappa shape index (κ2) is 5.25. The smallest absolute Gasteiger partial charge is 0.328 e. The highest BCUT2D eigenvalue weighted by molar-refractivity contribution is 9.10. The highest BCUT2D eigenvalue weighted by atomic mass is 79.9. The lowest BCUT2D eigenvalue weighted by atomic mass is 9.94. The topological polar surface area (TPSA) is 70.1 Å². The molecule has 1 fully saturated rings. The summed E-state index contributed by atoms with van der Waals surface area (Å²) in [6.07, 6.45) is 1.96. The van der Waals surface area contributed by atoms with Crippen LogP contribution in [0.25, 0.3) is 0 Å². The van der Waals surface area contributed by atoms with Crippen LogP contribution in [0.1, 0.15) is 31.2 Å². The summed E-state index contributed by atoms with van der Waals surface area (Å²) < 4.78 is 7.91. The summed E-state index contributed by atoms with van der Waals surface area (Å²) in [4.78, 5) is 12.2. The average molecular weight is 330 g/mol. The van der Waals surface area contributed by atoms with Gasteiger partial charge in [-0.05, 0) is 55.5 Å². The molecule has 1 aliphatic rings. The van der Waals surface area contributed by atoms with E-state index in [9.17, 15) is 4.79 Å². The Labute approximate surface area is 121 Å². The molecule has 2 rings (SSSR count). The molecule has 106 valence electrons. The number of carbonyl (C=O) groups excluding carboxylic acids is 1. The molecular weight excluding hydrogens is 310 g/mol. The zero-order chi connectivity index (χ0) is 14.2. The third kappa shape index (κ3) is 2.69. The Kier molecular flexibility index (Phi) is 4.01. The molecule has 5 nitrogen and oxygen atoms in total. The van der Waals surface area contributed by atoms with Crippen LogP contribution in [0.2, 0.25) is 0 Å². The number of nitrogens with zero attached hydrogens (tertiary/aromatic N) is 2. The van der Waals surface area contributed by atoms with E-state index in [0.29, 0.717) is 13.2 Å². The van der Waals surface area contributed by atoms with Gasteiger partial charge in [0, 0.05) is 5.69 Å². The van der Waals surface area contributed by atoms with Crippen molar-refractivity contribution in [3.8, 4) is 0 Å². The molecule has 0 aromatic carbocycles. The van der Waals surface area contributed by atoms with Gasteiger partial charge in [-0.3, -0.25) is 4.68 Å². The van der Waals surface area contributed by atoms with Crippen LogP contribution in [0, 0.1) is 19.8 Å². The van der Waals surface area contributed by atoms with Crippen molar-refractivity contribution in [1.29, 1.82) is 0 Å². The molecule has 1 aromatic rings. The van der Waals surface area contributed by atoms with Crippen LogP contribution in [-0.4, -0.2) is 27.9 Å². The lowest BCUT2D eigenvalue weighted by molar-refractivity contribution is -0.151. The number of rotatable bonds is 5. The highest BCUT2D eigenvalue weighted by Gasteiger charge is 2.50. The van der Waals surface area contributed by atoms with Gasteiger partial charge >= 0.3 is 5.97 Å². The quantitative estimate of drug-likeness (QED) is 0.838. The predicted octanol–water partition coefficient (Wildman–Crippen LogP) is 1.93. The van der Waals surface area contributed by atoms with Crippen LogP contribution in [-0.2, 0) is 16.1 Å². The zero-order valence-electron chi connectivity index (χ0n) is 11.6. The SMILES string of the molecule is CCOC(=O)C(N)(Cn1nc(C)c(Br)c1C)C1CC1. The molecule has 1 heterocycles. The van der Waals surface area contributed by atoms with Gasteiger partial charge < -0.3 is 10.5 Å². The summed E-state index contributed by atoms with van der Waals surface area (Å²) >= 11 is 3.49. The Morgan fingerprint density at radius 3 is 2.63 bits per heavy atom. The molecule has 0 spiro atoms. The van der Waals surface area contributed by atoms with Gasteiger partial charge in [0.05, 0.1) is 23.3 Å². The Bertz CT molecular complexity index is 496. The number of carbonyl (C=O) groups is 1. The van der Waals surface area contributed by atoms with Crippen molar-refractivity contribution in [1.82, 2.24) is 9.78 Å². The Balaban J connectivity index is 2.25. The van der Waals surface area contributed by atoms with Gasteiger partial charge in [-0.15, -0.1) is 0 Å². The fourth-order valence-corrected chi connectivity index (χ4v) is 2.59. The number of hydrogen-bond acceptors (Lipinski definition) is 4. The van der Waals surface area contributed by atoms with Crippen molar-refractivity contribution < 1.29 is 9.53 Å². The van der Waals surface area contributed by atoms with Crippen LogP contribution in [0.4, 0.5) is 0 Å². The summed E-state index contributed by atoms with van der Waals surface area (Å²) in [5.41, 5.74) is 7.27. The maximum Gasteiger partial charge on any atom is 0.328 e. The number of aryl methyl sites for hydroxylation is 1. The average Bonchev–Trinajstić information content (AvgIpc) is 3.17. The molecule has 1 aromatic heterocycles. The number of nitrogens with two attached hydrogens (primary N) is 1. The molecule has 1 unspecified atom stereocenters. The highest BCUT2D eigenvalue weighted by Crippen LogP contribution is 2.40. The second-order valence-electron chi connectivity index (χ2n) is 5.18. The minimum Gasteiger partial charge on any atom is -0.465 e. The molecule has 2 N–H and O–H groups in total. The number of esters is 1. The van der Waals surface area contributed by atoms with E-state index in [2.05, 4.69) is 21.0 Å². The van der Waals surface area contributed by atoms with E-state index in [-0.39, 0.29) is 11.9 Å². The first-order valence-electron chi connectivity index (χ1n) is 6.55. The first-order valence-corrected chi connectivity index (χ1v) is 7.35. The van der Waals surface area contributed by atoms with Crippen molar-refractivity contribution in [2.75, 3.05) is 6.61 Å². The van der Waals surface area contributed by atoms with Crippen molar-refractivity contribution in [2.24, 2.45) is 11.7 Å². The number of hydrogen-bond donors (Lipinski definition) is 1. The van der Waals surface area contributed by atoms with E-state index in [1.807, 2.05) is 13.8 Å². The van der Waals surface area contributed by atoms with Gasteiger partial charge in [0.25, 0.3) is 0 Å². The Morgan fingerprint density at radius 2 is 2.21 bits per heavy atom. The molecule has 1 saturated carbocycles. The summed E-state index contributed by atoms with van der Waals surface area (Å²) in [6.45, 7) is 6.40. The van der Waals surface area contributed by atoms with Gasteiger partial charge in [-0.1, -0.05) is 0 Å². The van der Waals surface area contributed by atoms with Gasteiger partial charge in [0.1, 0.15) is 5.54 Å². The fourth-order valence-electron chi connectivity index (χ4n) is 2.30. The number of ether oxygens (including phenoxy) is 1. The van der Waals surface area contributed by atoms with Gasteiger partial charge in [0.15, 0.2) is 0 Å². The maximum absolute atomic E-state index is 12.2. The first-order chi connectivity index (χ1) is 8.90. The Hall–Kier alpha value is -0.880. The summed E-state index contributed by atoms with van der Waals surface area (Å²) in [5.74, 6) is -0.115. The standard InChI is InChI=1S/C13H20BrN3O2/c1-4-19-12(18)13(15,10-5-6-10)7-17-9(3)11(14)8(2)16-17/h10H,4-7,15H2,1-3H3. The summed E-state index contributed by atoms with van der Waals surface area (Å²) in [6, 6.07) is 0. The molecule has 1 aliphatic carbocycles. The molecule has 6 heteroatoms. The molecular formula is C13H20BrN3O2. The van der Waals surface area contributed by atoms with Crippen molar-refractivity contribution >= 4 is 21.9 Å². The van der Waals surface area contributed by atoms with E-state index in [4.69, 9.17) is 10.5 Å². The van der Waals surface area contributed by atoms with Crippen LogP contribution >= 0.6 is 15.9 Å². The Morgan fingerprint density at radius 1 is 1.58 bits per heavy atom. The van der Waals surface area contributed by atoms with Crippen molar-refractivity contribution in [3.05, 3.63) is 15.9 Å². The summed E-state index contributed by atoms with van der Waals surface area (Å²) in [5, 5.41) is 4.43. The lowest BCUT2D eigenvalue weighted by Crippen LogP contribution is -2.54. The minimum atomic E-state index is -0.960. The van der Waals surface area contributed by atoms with E-state index >= 15 is 0 Å². The molecule has 0 radical (unpaired) electrons. The van der Waals surface area contributed by atoms with Gasteiger partial charge in [-0.2, -0.15) is 5.10 Å². The van der Waals surface area contributed by atoms with E-state index in [1.54, 1.807) is 11.6 Å². The van der Waals surface area contributed by atoms with Crippen LogP contribution in [0.3, 0.4) is 0 Å². The van der Waals surface area contributed by atoms with Crippen LogP contribution in [0.15, 0.2) is 4.47 Å². The monoisotopic (exact) mass is 329 g/mol. The van der Waals surface area contributed by atoms with Crippen LogP contribution < -0.4 is 5.73 Å².